The smallest absolute Gasteiger partial charge is 0.0702 e. The Morgan fingerprint density at radius 1 is 1.11 bits per heavy atom. The standard InChI is InChI=1S/C16H16BrNO/c17-14-8-7-13(11-19)16(10-14)18-9-3-5-12-4-1-2-6-15(12)18/h1-2,4,6-8,10,19H,3,5,9,11H2. The summed E-state index contributed by atoms with van der Waals surface area (Å²) in [5.74, 6) is 0. The van der Waals surface area contributed by atoms with Crippen LogP contribution in [-0.2, 0) is 13.0 Å². The molecule has 2 aromatic carbocycles. The predicted molar refractivity (Wildman–Crippen MR) is 81.8 cm³/mol. The van der Waals surface area contributed by atoms with Crippen LogP contribution in [0.4, 0.5) is 11.4 Å². The molecule has 0 unspecified atom stereocenters. The van der Waals surface area contributed by atoms with Crippen molar-refractivity contribution in [1.82, 2.24) is 0 Å². The topological polar surface area (TPSA) is 23.5 Å². The summed E-state index contributed by atoms with van der Waals surface area (Å²) in [6, 6.07) is 14.6. The maximum atomic E-state index is 9.55. The van der Waals surface area contributed by atoms with Crippen LogP contribution >= 0.6 is 15.9 Å². The van der Waals surface area contributed by atoms with Crippen LogP contribution in [0.25, 0.3) is 0 Å². The second kappa shape index (κ2) is 5.35. The molecular weight excluding hydrogens is 302 g/mol. The zero-order valence-electron chi connectivity index (χ0n) is 10.6. The van der Waals surface area contributed by atoms with E-state index in [4.69, 9.17) is 0 Å². The van der Waals surface area contributed by atoms with Crippen LogP contribution in [0.15, 0.2) is 46.9 Å². The SMILES string of the molecule is OCc1ccc(Br)cc1N1CCCc2ccccc21. The van der Waals surface area contributed by atoms with E-state index in [1.54, 1.807) is 0 Å². The zero-order chi connectivity index (χ0) is 13.2. The third-order valence-corrected chi connectivity index (χ3v) is 4.11. The molecule has 0 aliphatic carbocycles. The first-order valence-electron chi connectivity index (χ1n) is 6.54. The lowest BCUT2D eigenvalue weighted by atomic mass is 10.00. The van der Waals surface area contributed by atoms with Gasteiger partial charge in [-0.3, -0.25) is 0 Å². The first-order valence-corrected chi connectivity index (χ1v) is 7.33. The molecule has 2 nitrogen and oxygen atoms in total. The van der Waals surface area contributed by atoms with Crippen molar-refractivity contribution in [3.8, 4) is 0 Å². The normalized spacial score (nSPS) is 14.3. The predicted octanol–water partition coefficient (Wildman–Crippen LogP) is 4.03. The minimum absolute atomic E-state index is 0.0707. The molecule has 98 valence electrons. The van der Waals surface area contributed by atoms with Gasteiger partial charge in [0, 0.05) is 28.0 Å². The maximum Gasteiger partial charge on any atom is 0.0702 e. The number of fused-ring (bicyclic) bond motifs is 1. The zero-order valence-corrected chi connectivity index (χ0v) is 12.2. The van der Waals surface area contributed by atoms with E-state index in [1.165, 1.54) is 11.3 Å². The van der Waals surface area contributed by atoms with Crippen LogP contribution in [0.3, 0.4) is 0 Å². The summed E-state index contributed by atoms with van der Waals surface area (Å²) in [7, 11) is 0. The molecule has 0 spiro atoms. The highest BCUT2D eigenvalue weighted by Crippen LogP contribution is 2.36. The minimum atomic E-state index is 0.0707. The van der Waals surface area contributed by atoms with Gasteiger partial charge in [-0.2, -0.15) is 0 Å². The Balaban J connectivity index is 2.11. The van der Waals surface area contributed by atoms with E-state index in [-0.39, 0.29) is 6.61 Å². The van der Waals surface area contributed by atoms with Crippen molar-refractivity contribution in [2.24, 2.45) is 0 Å². The van der Waals surface area contributed by atoms with Gasteiger partial charge in [-0.15, -0.1) is 0 Å². The number of para-hydroxylation sites is 1. The van der Waals surface area contributed by atoms with Gasteiger partial charge in [0.15, 0.2) is 0 Å². The van der Waals surface area contributed by atoms with Gasteiger partial charge in [-0.25, -0.2) is 0 Å². The molecule has 0 amide bonds. The minimum Gasteiger partial charge on any atom is -0.392 e. The molecule has 0 bridgehead atoms. The lowest BCUT2D eigenvalue weighted by molar-refractivity contribution is 0.282. The van der Waals surface area contributed by atoms with E-state index in [9.17, 15) is 5.11 Å². The van der Waals surface area contributed by atoms with Crippen LogP contribution in [0.5, 0.6) is 0 Å². The third kappa shape index (κ3) is 2.40. The second-order valence-electron chi connectivity index (χ2n) is 4.82. The maximum absolute atomic E-state index is 9.55. The summed E-state index contributed by atoms with van der Waals surface area (Å²) in [6.45, 7) is 1.07. The van der Waals surface area contributed by atoms with Crippen molar-refractivity contribution < 1.29 is 5.11 Å². The molecule has 3 rings (SSSR count). The lowest BCUT2D eigenvalue weighted by Gasteiger charge is -2.32. The van der Waals surface area contributed by atoms with Crippen LogP contribution in [-0.4, -0.2) is 11.7 Å². The fraction of sp³-hybridized carbons (Fsp3) is 0.250. The second-order valence-corrected chi connectivity index (χ2v) is 5.73. The molecule has 0 saturated carbocycles. The van der Waals surface area contributed by atoms with E-state index in [1.807, 2.05) is 12.1 Å². The number of hydrogen-bond acceptors (Lipinski definition) is 2. The molecule has 1 aliphatic heterocycles. The fourth-order valence-corrected chi connectivity index (χ4v) is 3.05. The highest BCUT2D eigenvalue weighted by molar-refractivity contribution is 9.10. The van der Waals surface area contributed by atoms with Gasteiger partial charge in [0.05, 0.1) is 6.61 Å². The quantitative estimate of drug-likeness (QED) is 0.904. The van der Waals surface area contributed by atoms with Gasteiger partial charge in [0.2, 0.25) is 0 Å². The molecule has 0 radical (unpaired) electrons. The summed E-state index contributed by atoms with van der Waals surface area (Å²) >= 11 is 3.52. The van der Waals surface area contributed by atoms with E-state index in [2.05, 4.69) is 51.2 Å². The molecule has 2 aromatic rings. The first kappa shape index (κ1) is 12.7. The lowest BCUT2D eigenvalue weighted by Crippen LogP contribution is -2.25. The Bertz CT molecular complexity index is 597. The average Bonchev–Trinajstić information content (AvgIpc) is 2.46. The number of benzene rings is 2. The number of halogens is 1. The Morgan fingerprint density at radius 2 is 1.95 bits per heavy atom. The fourth-order valence-electron chi connectivity index (χ4n) is 2.71. The highest BCUT2D eigenvalue weighted by Gasteiger charge is 2.19. The molecular formula is C16H16BrNO. The Hall–Kier alpha value is -1.32. The van der Waals surface area contributed by atoms with E-state index in [0.29, 0.717) is 0 Å². The number of anilines is 2. The number of nitrogens with zero attached hydrogens (tertiary/aromatic N) is 1. The van der Waals surface area contributed by atoms with Crippen LogP contribution < -0.4 is 4.90 Å². The number of aliphatic hydroxyl groups excluding tert-OH is 1. The van der Waals surface area contributed by atoms with E-state index < -0.39 is 0 Å². The summed E-state index contributed by atoms with van der Waals surface area (Å²) in [5.41, 5.74) is 4.73. The van der Waals surface area contributed by atoms with Crippen LogP contribution in [0, 0.1) is 0 Å². The first-order chi connectivity index (χ1) is 9.29. The van der Waals surface area contributed by atoms with E-state index in [0.717, 1.165) is 35.1 Å². The molecule has 0 fully saturated rings. The van der Waals surface area contributed by atoms with Crippen molar-refractivity contribution in [3.05, 3.63) is 58.1 Å². The summed E-state index contributed by atoms with van der Waals surface area (Å²) < 4.78 is 1.04. The van der Waals surface area contributed by atoms with Gasteiger partial charge in [0.1, 0.15) is 0 Å². The highest BCUT2D eigenvalue weighted by atomic mass is 79.9. The number of aliphatic hydroxyl groups is 1. The van der Waals surface area contributed by atoms with Crippen molar-refractivity contribution >= 4 is 27.3 Å². The van der Waals surface area contributed by atoms with Gasteiger partial charge in [-0.1, -0.05) is 40.2 Å². The summed E-state index contributed by atoms with van der Waals surface area (Å²) in [5, 5.41) is 9.55. The average molecular weight is 318 g/mol. The molecule has 0 atom stereocenters. The molecule has 1 N–H and O–H groups in total. The molecule has 19 heavy (non-hydrogen) atoms. The van der Waals surface area contributed by atoms with Gasteiger partial charge in [0.25, 0.3) is 0 Å². The molecule has 0 aromatic heterocycles. The van der Waals surface area contributed by atoms with Crippen LogP contribution in [0.2, 0.25) is 0 Å². The van der Waals surface area contributed by atoms with Gasteiger partial charge < -0.3 is 10.0 Å². The van der Waals surface area contributed by atoms with Crippen molar-refractivity contribution in [1.29, 1.82) is 0 Å². The van der Waals surface area contributed by atoms with Gasteiger partial charge >= 0.3 is 0 Å². The Kier molecular flexibility index (Phi) is 3.58. The number of rotatable bonds is 2. The third-order valence-electron chi connectivity index (χ3n) is 3.62. The van der Waals surface area contributed by atoms with Gasteiger partial charge in [-0.05, 0) is 36.6 Å². The summed E-state index contributed by atoms with van der Waals surface area (Å²) in [4.78, 5) is 2.31. The molecule has 1 aliphatic rings. The Labute approximate surface area is 121 Å². The van der Waals surface area contributed by atoms with E-state index >= 15 is 0 Å². The van der Waals surface area contributed by atoms with Crippen LogP contribution in [0.1, 0.15) is 17.5 Å². The summed E-state index contributed by atoms with van der Waals surface area (Å²) in [6.07, 6.45) is 2.28. The largest absolute Gasteiger partial charge is 0.392 e. The monoisotopic (exact) mass is 317 g/mol. The molecule has 3 heteroatoms. The molecule has 1 heterocycles. The van der Waals surface area contributed by atoms with Crippen molar-refractivity contribution in [3.63, 3.8) is 0 Å². The number of aryl methyl sites for hydroxylation is 1. The Morgan fingerprint density at radius 3 is 2.79 bits per heavy atom. The van der Waals surface area contributed by atoms with Crippen molar-refractivity contribution in [2.75, 3.05) is 11.4 Å². The molecule has 0 saturated heterocycles. The van der Waals surface area contributed by atoms with Crippen molar-refractivity contribution in [2.45, 2.75) is 19.4 Å². The number of hydrogen-bond donors (Lipinski definition) is 1.